The van der Waals surface area contributed by atoms with Crippen LogP contribution in [-0.2, 0) is 19.6 Å². The van der Waals surface area contributed by atoms with E-state index in [0.717, 1.165) is 17.8 Å². The minimum Gasteiger partial charge on any atom is -0.330 e. The van der Waals surface area contributed by atoms with Gasteiger partial charge < -0.3 is 10.3 Å². The molecule has 1 heterocycles. The number of aryl methyl sites for hydroxylation is 1. The SMILES string of the molecule is Cc1nnc(Sc2ccc(CCN)cc2C(F)(F)F)n1C. The molecule has 0 radical (unpaired) electrons. The van der Waals surface area contributed by atoms with Crippen molar-refractivity contribution >= 4 is 11.8 Å². The summed E-state index contributed by atoms with van der Waals surface area (Å²) in [5.74, 6) is 0.644. The van der Waals surface area contributed by atoms with E-state index in [1.807, 2.05) is 0 Å². The minimum absolute atomic E-state index is 0.110. The topological polar surface area (TPSA) is 56.7 Å². The molecule has 0 fully saturated rings. The van der Waals surface area contributed by atoms with Crippen LogP contribution in [0.4, 0.5) is 13.2 Å². The van der Waals surface area contributed by atoms with Crippen molar-refractivity contribution in [2.45, 2.75) is 29.6 Å². The van der Waals surface area contributed by atoms with Gasteiger partial charge in [-0.1, -0.05) is 6.07 Å². The average molecular weight is 316 g/mol. The number of rotatable bonds is 4. The Hall–Kier alpha value is -1.54. The molecule has 1 aromatic heterocycles. The Morgan fingerprint density at radius 3 is 2.52 bits per heavy atom. The summed E-state index contributed by atoms with van der Waals surface area (Å²) in [6.07, 6.45) is -4.00. The summed E-state index contributed by atoms with van der Waals surface area (Å²) in [7, 11) is 1.72. The molecular formula is C13H15F3N4S. The van der Waals surface area contributed by atoms with E-state index < -0.39 is 11.7 Å². The Morgan fingerprint density at radius 1 is 1.29 bits per heavy atom. The highest BCUT2D eigenvalue weighted by molar-refractivity contribution is 7.99. The van der Waals surface area contributed by atoms with Crippen LogP contribution < -0.4 is 5.73 Å². The fourth-order valence-corrected chi connectivity index (χ4v) is 2.75. The number of hydrogen-bond donors (Lipinski definition) is 1. The third-order valence-corrected chi connectivity index (χ3v) is 4.15. The maximum Gasteiger partial charge on any atom is 0.417 e. The van der Waals surface area contributed by atoms with Gasteiger partial charge in [-0.3, -0.25) is 0 Å². The molecule has 0 aliphatic heterocycles. The van der Waals surface area contributed by atoms with Gasteiger partial charge in [-0.15, -0.1) is 10.2 Å². The molecule has 0 amide bonds. The second-order valence-corrected chi connectivity index (χ2v) is 5.57. The Balaban J connectivity index is 2.40. The fourth-order valence-electron chi connectivity index (χ4n) is 1.78. The van der Waals surface area contributed by atoms with Crippen LogP contribution in [0.5, 0.6) is 0 Å². The van der Waals surface area contributed by atoms with Crippen molar-refractivity contribution in [3.05, 3.63) is 35.2 Å². The summed E-state index contributed by atoms with van der Waals surface area (Å²) < 4.78 is 41.2. The van der Waals surface area contributed by atoms with Gasteiger partial charge in [-0.2, -0.15) is 13.2 Å². The van der Waals surface area contributed by atoms with Gasteiger partial charge in [0.2, 0.25) is 0 Å². The zero-order valence-electron chi connectivity index (χ0n) is 11.6. The monoisotopic (exact) mass is 316 g/mol. The molecule has 8 heteroatoms. The first kappa shape index (κ1) is 15.8. The highest BCUT2D eigenvalue weighted by Crippen LogP contribution is 2.39. The maximum absolute atomic E-state index is 13.2. The average Bonchev–Trinajstić information content (AvgIpc) is 2.71. The van der Waals surface area contributed by atoms with Crippen LogP contribution in [0.15, 0.2) is 28.3 Å². The molecule has 21 heavy (non-hydrogen) atoms. The molecule has 114 valence electrons. The van der Waals surface area contributed by atoms with Crippen molar-refractivity contribution in [3.63, 3.8) is 0 Å². The standard InChI is InChI=1S/C13H15F3N4S/c1-8-18-19-12(20(8)2)21-11-4-3-9(5-6-17)7-10(11)13(14,15)16/h3-4,7H,5-6,17H2,1-2H3. The molecule has 2 N–H and O–H groups in total. The number of nitrogens with two attached hydrogens (primary N) is 1. The van der Waals surface area contributed by atoms with Gasteiger partial charge >= 0.3 is 6.18 Å². The van der Waals surface area contributed by atoms with Crippen LogP contribution in [0.25, 0.3) is 0 Å². The molecule has 1 aromatic carbocycles. The molecule has 0 saturated carbocycles. The van der Waals surface area contributed by atoms with Crippen molar-refractivity contribution in [1.82, 2.24) is 14.8 Å². The third kappa shape index (κ3) is 3.56. The van der Waals surface area contributed by atoms with Crippen molar-refractivity contribution in [2.24, 2.45) is 12.8 Å². The Labute approximate surface area is 124 Å². The van der Waals surface area contributed by atoms with Crippen LogP contribution in [0.2, 0.25) is 0 Å². The van der Waals surface area contributed by atoms with Gasteiger partial charge in [0, 0.05) is 11.9 Å². The smallest absolute Gasteiger partial charge is 0.330 e. The predicted octanol–water partition coefficient (Wildman–Crippen LogP) is 2.79. The Kier molecular flexibility index (Phi) is 4.58. The highest BCUT2D eigenvalue weighted by Gasteiger charge is 2.34. The number of nitrogens with zero attached hydrogens (tertiary/aromatic N) is 3. The molecule has 0 aliphatic carbocycles. The van der Waals surface area contributed by atoms with Gasteiger partial charge in [-0.05, 0) is 49.3 Å². The first-order chi connectivity index (χ1) is 9.82. The normalized spacial score (nSPS) is 11.9. The number of halogens is 3. The summed E-state index contributed by atoms with van der Waals surface area (Å²) in [5.41, 5.74) is 5.30. The zero-order valence-corrected chi connectivity index (χ0v) is 12.4. The second kappa shape index (κ2) is 6.07. The lowest BCUT2D eigenvalue weighted by atomic mass is 10.1. The Morgan fingerprint density at radius 2 is 2.00 bits per heavy atom. The maximum atomic E-state index is 13.2. The summed E-state index contributed by atoms with van der Waals surface area (Å²) in [6, 6.07) is 4.27. The molecular weight excluding hydrogens is 301 g/mol. The zero-order chi connectivity index (χ0) is 15.6. The first-order valence-electron chi connectivity index (χ1n) is 6.27. The van der Waals surface area contributed by atoms with Gasteiger partial charge in [0.15, 0.2) is 5.16 Å². The molecule has 4 nitrogen and oxygen atoms in total. The quantitative estimate of drug-likeness (QED) is 0.942. The lowest BCUT2D eigenvalue weighted by Crippen LogP contribution is -2.10. The summed E-state index contributed by atoms with van der Waals surface area (Å²) >= 11 is 0.953. The van der Waals surface area contributed by atoms with Gasteiger partial charge in [0.05, 0.1) is 5.56 Å². The molecule has 0 saturated heterocycles. The van der Waals surface area contributed by atoms with Crippen LogP contribution in [0.1, 0.15) is 17.0 Å². The highest BCUT2D eigenvalue weighted by atomic mass is 32.2. The van der Waals surface area contributed by atoms with Crippen molar-refractivity contribution in [3.8, 4) is 0 Å². The van der Waals surface area contributed by atoms with E-state index in [9.17, 15) is 13.2 Å². The number of hydrogen-bond acceptors (Lipinski definition) is 4. The first-order valence-corrected chi connectivity index (χ1v) is 7.08. The van der Waals surface area contributed by atoms with E-state index in [-0.39, 0.29) is 4.90 Å². The molecule has 0 spiro atoms. The summed E-state index contributed by atoms with van der Waals surface area (Å²) in [6.45, 7) is 2.05. The van der Waals surface area contributed by atoms with E-state index in [1.54, 1.807) is 24.6 Å². The van der Waals surface area contributed by atoms with Gasteiger partial charge in [-0.25, -0.2) is 0 Å². The fraction of sp³-hybridized carbons (Fsp3) is 0.385. The van der Waals surface area contributed by atoms with E-state index in [2.05, 4.69) is 10.2 Å². The molecule has 0 bridgehead atoms. The van der Waals surface area contributed by atoms with Gasteiger partial charge in [0.1, 0.15) is 5.82 Å². The molecule has 0 aliphatic rings. The molecule has 0 unspecified atom stereocenters. The molecule has 0 atom stereocenters. The Bertz CT molecular complexity index is 637. The van der Waals surface area contributed by atoms with Crippen LogP contribution in [0, 0.1) is 6.92 Å². The number of benzene rings is 1. The van der Waals surface area contributed by atoms with Crippen LogP contribution >= 0.6 is 11.8 Å². The van der Waals surface area contributed by atoms with Crippen molar-refractivity contribution in [2.75, 3.05) is 6.54 Å². The second-order valence-electron chi connectivity index (χ2n) is 4.56. The van der Waals surface area contributed by atoms with Crippen molar-refractivity contribution < 1.29 is 13.2 Å². The van der Waals surface area contributed by atoms with Crippen LogP contribution in [0.3, 0.4) is 0 Å². The minimum atomic E-state index is -4.42. The number of alkyl halides is 3. The predicted molar refractivity (Wildman–Crippen MR) is 74.1 cm³/mol. The lowest BCUT2D eigenvalue weighted by molar-refractivity contribution is -0.139. The van der Waals surface area contributed by atoms with E-state index in [1.165, 1.54) is 6.07 Å². The van der Waals surface area contributed by atoms with Crippen LogP contribution in [-0.4, -0.2) is 21.3 Å². The van der Waals surface area contributed by atoms with Gasteiger partial charge in [0.25, 0.3) is 0 Å². The van der Waals surface area contributed by atoms with E-state index in [4.69, 9.17) is 5.73 Å². The largest absolute Gasteiger partial charge is 0.417 e. The molecule has 2 aromatic rings. The van der Waals surface area contributed by atoms with E-state index >= 15 is 0 Å². The number of aromatic nitrogens is 3. The summed E-state index contributed by atoms with van der Waals surface area (Å²) in [5, 5.41) is 8.15. The lowest BCUT2D eigenvalue weighted by Gasteiger charge is -2.13. The van der Waals surface area contributed by atoms with E-state index in [0.29, 0.717) is 29.5 Å². The molecule has 2 rings (SSSR count). The third-order valence-electron chi connectivity index (χ3n) is 3.04. The summed E-state index contributed by atoms with van der Waals surface area (Å²) in [4.78, 5) is 0.110. The van der Waals surface area contributed by atoms with Crippen molar-refractivity contribution in [1.29, 1.82) is 0 Å².